The Morgan fingerprint density at radius 3 is 2.26 bits per heavy atom. The van der Waals surface area contributed by atoms with Crippen LogP contribution in [0.25, 0.3) is 0 Å². The van der Waals surface area contributed by atoms with Gasteiger partial charge in [0.1, 0.15) is 13.4 Å². The van der Waals surface area contributed by atoms with Crippen molar-refractivity contribution in [3.8, 4) is 0 Å². The second-order valence-corrected chi connectivity index (χ2v) is 7.69. The fraction of sp³-hybridized carbons (Fsp3) is 0.526. The van der Waals surface area contributed by atoms with Crippen LogP contribution in [0.4, 0.5) is 4.79 Å². The third-order valence-corrected chi connectivity index (χ3v) is 3.59. The summed E-state index contributed by atoms with van der Waals surface area (Å²) in [4.78, 5) is 37.1. The van der Waals surface area contributed by atoms with E-state index in [1.807, 2.05) is 32.1 Å². The van der Waals surface area contributed by atoms with Gasteiger partial charge in [-0.25, -0.2) is 4.79 Å². The lowest BCUT2D eigenvalue weighted by Gasteiger charge is -2.23. The van der Waals surface area contributed by atoms with Crippen molar-refractivity contribution in [3.63, 3.8) is 0 Å². The van der Waals surface area contributed by atoms with E-state index in [-0.39, 0.29) is 18.9 Å². The quantitative estimate of drug-likeness (QED) is 0.550. The zero-order chi connectivity index (χ0) is 20.6. The van der Waals surface area contributed by atoms with Crippen LogP contribution in [0.3, 0.4) is 0 Å². The van der Waals surface area contributed by atoms with Crippen LogP contribution in [0.2, 0.25) is 0 Å². The molecule has 0 aliphatic rings. The van der Waals surface area contributed by atoms with Crippen LogP contribution in [0, 0.1) is 0 Å². The minimum atomic E-state index is -0.642. The number of esters is 1. The number of hydrogen-bond donors (Lipinski definition) is 1. The van der Waals surface area contributed by atoms with E-state index in [9.17, 15) is 14.4 Å². The van der Waals surface area contributed by atoms with Crippen LogP contribution in [0.5, 0.6) is 0 Å². The largest absolute Gasteiger partial charge is 0.456 e. The van der Waals surface area contributed by atoms with Gasteiger partial charge >= 0.3 is 12.1 Å². The topological polar surface area (TPSA) is 84.9 Å². The average molecular weight is 376 g/mol. The molecule has 0 aliphatic heterocycles. The van der Waals surface area contributed by atoms with Gasteiger partial charge in [-0.3, -0.25) is 9.59 Å². The van der Waals surface area contributed by atoms with Gasteiger partial charge in [-0.2, -0.15) is 0 Å². The second kappa shape index (κ2) is 9.99. The number of benzene rings is 1. The maximum Gasteiger partial charge on any atom is 0.407 e. The maximum atomic E-state index is 12.1. The number of rotatable bonds is 7. The van der Waals surface area contributed by atoms with E-state index in [1.54, 1.807) is 34.9 Å². The Kier molecular flexibility index (Phi) is 8.34. The lowest BCUT2D eigenvalue weighted by molar-refractivity contribution is -0.151. The van der Waals surface area contributed by atoms with Crippen LogP contribution in [-0.2, 0) is 25.5 Å². The number of ether oxygens (including phenoxy) is 2. The Morgan fingerprint density at radius 2 is 1.74 bits per heavy atom. The van der Waals surface area contributed by atoms with E-state index in [0.29, 0.717) is 6.42 Å². The minimum absolute atomic E-state index is 0.0617. The summed E-state index contributed by atoms with van der Waals surface area (Å²) in [5, 5.41) is 2.72. The molecular formula is C19H29BN2O5. The number of amides is 2. The summed E-state index contributed by atoms with van der Waals surface area (Å²) in [6, 6.07) is 7.31. The molecule has 0 unspecified atom stereocenters. The fourth-order valence-electron chi connectivity index (χ4n) is 2.19. The van der Waals surface area contributed by atoms with Gasteiger partial charge in [0, 0.05) is 20.1 Å². The molecule has 0 spiro atoms. The number of nitrogens with zero attached hydrogens (tertiary/aromatic N) is 1. The van der Waals surface area contributed by atoms with Gasteiger partial charge in [0.15, 0.2) is 6.61 Å². The van der Waals surface area contributed by atoms with E-state index in [2.05, 4.69) is 5.32 Å². The highest BCUT2D eigenvalue weighted by atomic mass is 16.6. The molecule has 0 saturated carbocycles. The normalized spacial score (nSPS) is 12.0. The van der Waals surface area contributed by atoms with Crippen molar-refractivity contribution in [1.29, 1.82) is 0 Å². The molecule has 148 valence electrons. The molecule has 1 rings (SSSR count). The lowest BCUT2D eigenvalue weighted by Crippen LogP contribution is -2.41. The molecule has 0 aliphatic carbocycles. The summed E-state index contributed by atoms with van der Waals surface area (Å²) in [6.45, 7) is 4.98. The van der Waals surface area contributed by atoms with Crippen LogP contribution in [0.15, 0.2) is 24.3 Å². The zero-order valence-electron chi connectivity index (χ0n) is 17.0. The molecule has 0 bridgehead atoms. The Hall–Kier alpha value is -2.51. The average Bonchev–Trinajstić information content (AvgIpc) is 2.52. The number of likely N-dealkylation sites (N-methyl/N-ethyl adjacent to an activating group) is 1. The second-order valence-electron chi connectivity index (χ2n) is 7.69. The van der Waals surface area contributed by atoms with Gasteiger partial charge in [-0.1, -0.05) is 29.7 Å². The molecule has 1 N–H and O–H groups in total. The first-order chi connectivity index (χ1) is 12.5. The predicted molar refractivity (Wildman–Crippen MR) is 106 cm³/mol. The van der Waals surface area contributed by atoms with E-state index in [4.69, 9.17) is 9.47 Å². The molecule has 2 amide bonds. The Bertz CT molecular complexity index is 653. The van der Waals surface area contributed by atoms with Gasteiger partial charge < -0.3 is 19.7 Å². The monoisotopic (exact) mass is 376 g/mol. The number of nitrogens with one attached hydrogen (secondary N) is 1. The SMILES string of the molecule is Bc1ccc(C[C@H](CC(=O)OCC(=O)N(C)C)NC(=O)OC(C)(C)C)cc1. The summed E-state index contributed by atoms with van der Waals surface area (Å²) in [6.07, 6.45) is -0.221. The smallest absolute Gasteiger partial charge is 0.407 e. The highest BCUT2D eigenvalue weighted by molar-refractivity contribution is 6.32. The number of carbonyl (C=O) groups is 3. The highest BCUT2D eigenvalue weighted by Crippen LogP contribution is 2.10. The molecule has 1 atom stereocenters. The predicted octanol–water partition coefficient (Wildman–Crippen LogP) is 0.402. The van der Waals surface area contributed by atoms with E-state index < -0.39 is 23.7 Å². The maximum absolute atomic E-state index is 12.1. The molecule has 0 aromatic heterocycles. The number of alkyl carbamates (subject to hydrolysis) is 1. The van der Waals surface area contributed by atoms with Crippen molar-refractivity contribution >= 4 is 31.3 Å². The summed E-state index contributed by atoms with van der Waals surface area (Å²) in [7, 11) is 5.15. The van der Waals surface area contributed by atoms with Crippen molar-refractivity contribution in [2.75, 3.05) is 20.7 Å². The van der Waals surface area contributed by atoms with E-state index in [0.717, 1.165) is 11.0 Å². The Balaban J connectivity index is 2.74. The summed E-state index contributed by atoms with van der Waals surface area (Å²) in [5.41, 5.74) is 1.45. The van der Waals surface area contributed by atoms with Crippen molar-refractivity contribution in [3.05, 3.63) is 29.8 Å². The Labute approximate surface area is 161 Å². The molecule has 1 aromatic rings. The zero-order valence-corrected chi connectivity index (χ0v) is 17.0. The van der Waals surface area contributed by atoms with Crippen LogP contribution < -0.4 is 10.8 Å². The fourth-order valence-corrected chi connectivity index (χ4v) is 2.19. The summed E-state index contributed by atoms with van der Waals surface area (Å²) >= 11 is 0. The third-order valence-electron chi connectivity index (χ3n) is 3.59. The minimum Gasteiger partial charge on any atom is -0.456 e. The molecule has 8 heteroatoms. The van der Waals surface area contributed by atoms with E-state index in [1.165, 1.54) is 4.90 Å². The first-order valence-electron chi connectivity index (χ1n) is 8.87. The molecule has 1 aromatic carbocycles. The number of carbonyl (C=O) groups excluding carboxylic acids is 3. The molecule has 0 radical (unpaired) electrons. The third kappa shape index (κ3) is 9.68. The summed E-state index contributed by atoms with van der Waals surface area (Å²) < 4.78 is 10.3. The highest BCUT2D eigenvalue weighted by Gasteiger charge is 2.22. The van der Waals surface area contributed by atoms with Crippen LogP contribution in [-0.4, -0.2) is 63.1 Å². The van der Waals surface area contributed by atoms with Gasteiger partial charge in [-0.15, -0.1) is 0 Å². The lowest BCUT2D eigenvalue weighted by atomic mass is 9.93. The molecule has 7 nitrogen and oxygen atoms in total. The molecule has 27 heavy (non-hydrogen) atoms. The first kappa shape index (κ1) is 22.5. The van der Waals surface area contributed by atoms with Crippen molar-refractivity contribution in [1.82, 2.24) is 10.2 Å². The van der Waals surface area contributed by atoms with Crippen molar-refractivity contribution in [2.24, 2.45) is 0 Å². The van der Waals surface area contributed by atoms with Crippen molar-refractivity contribution in [2.45, 2.75) is 45.3 Å². The Morgan fingerprint density at radius 1 is 1.15 bits per heavy atom. The molecule has 0 heterocycles. The summed E-state index contributed by atoms with van der Waals surface area (Å²) in [5.74, 6) is -0.864. The molecule has 0 saturated heterocycles. The van der Waals surface area contributed by atoms with Crippen LogP contribution >= 0.6 is 0 Å². The van der Waals surface area contributed by atoms with Gasteiger partial charge in [0.05, 0.1) is 6.42 Å². The number of hydrogen-bond acceptors (Lipinski definition) is 5. The van der Waals surface area contributed by atoms with Gasteiger partial charge in [0.25, 0.3) is 5.91 Å². The van der Waals surface area contributed by atoms with Gasteiger partial charge in [-0.05, 0) is 32.8 Å². The molecule has 0 fully saturated rings. The van der Waals surface area contributed by atoms with Crippen molar-refractivity contribution < 1.29 is 23.9 Å². The standard InChI is InChI=1S/C19H29BN2O5/c1-19(2,3)27-18(25)21-15(10-13-6-8-14(20)9-7-13)11-17(24)26-12-16(23)22(4)5/h6-9,15H,10-12,20H2,1-5H3,(H,21,25)/t15-/m1/s1. The van der Waals surface area contributed by atoms with E-state index >= 15 is 0 Å². The first-order valence-corrected chi connectivity index (χ1v) is 8.87. The molecular weight excluding hydrogens is 347 g/mol. The van der Waals surface area contributed by atoms with Crippen LogP contribution in [0.1, 0.15) is 32.8 Å². The van der Waals surface area contributed by atoms with Gasteiger partial charge in [0.2, 0.25) is 0 Å².